The van der Waals surface area contributed by atoms with Crippen molar-refractivity contribution in [3.8, 4) is 11.3 Å². The molecule has 2 heterocycles. The van der Waals surface area contributed by atoms with Gasteiger partial charge in [0.15, 0.2) is 11.2 Å². The summed E-state index contributed by atoms with van der Waals surface area (Å²) in [5.41, 5.74) is 3.02. The van der Waals surface area contributed by atoms with Crippen molar-refractivity contribution in [3.63, 3.8) is 0 Å². The maximum atomic E-state index is 12.8. The Morgan fingerprint density at radius 2 is 1.82 bits per heavy atom. The molecule has 0 fully saturated rings. The molecule has 5 rings (SSSR count). The van der Waals surface area contributed by atoms with Gasteiger partial charge in [0.05, 0.1) is 16.8 Å². The maximum absolute atomic E-state index is 12.8. The van der Waals surface area contributed by atoms with Crippen LogP contribution in [-0.2, 0) is 9.53 Å². The highest BCUT2D eigenvalue weighted by Gasteiger charge is 2.24. The number of nitrogens with zero attached hydrogens (tertiary/aromatic N) is 3. The summed E-state index contributed by atoms with van der Waals surface area (Å²) < 4.78 is 5.53. The zero-order chi connectivity index (χ0) is 23.5. The second-order valence-corrected chi connectivity index (χ2v) is 8.48. The number of hydrogen-bond acceptors (Lipinski definition) is 7. The third kappa shape index (κ3) is 4.35. The van der Waals surface area contributed by atoms with Crippen molar-refractivity contribution in [1.29, 1.82) is 0 Å². The molecule has 1 N–H and O–H groups in total. The van der Waals surface area contributed by atoms with Gasteiger partial charge in [-0.25, -0.2) is 9.78 Å². The summed E-state index contributed by atoms with van der Waals surface area (Å²) in [7, 11) is 0. The molecule has 0 bridgehead atoms. The van der Waals surface area contributed by atoms with Crippen LogP contribution in [0, 0.1) is 0 Å². The first kappa shape index (κ1) is 21.7. The lowest BCUT2D eigenvalue weighted by Crippen LogP contribution is -2.32. The number of esters is 1. The second-order valence-electron chi connectivity index (χ2n) is 7.62. The Kier molecular flexibility index (Phi) is 5.97. The van der Waals surface area contributed by atoms with Gasteiger partial charge < -0.3 is 4.74 Å². The first-order chi connectivity index (χ1) is 16.6. The monoisotopic (exact) mass is 468 g/mol. The average molecular weight is 469 g/mol. The van der Waals surface area contributed by atoms with Crippen LogP contribution >= 0.6 is 11.3 Å². The van der Waals surface area contributed by atoms with Crippen LogP contribution in [0.5, 0.6) is 0 Å². The van der Waals surface area contributed by atoms with E-state index in [2.05, 4.69) is 38.5 Å². The summed E-state index contributed by atoms with van der Waals surface area (Å²) in [5.74, 6) is -1.05. The Balaban J connectivity index is 1.30. The minimum absolute atomic E-state index is 0.268. The molecule has 2 aromatic heterocycles. The number of fused-ring (bicyclic) bond motifs is 2. The molecule has 34 heavy (non-hydrogen) atoms. The molecule has 5 aromatic rings. The van der Waals surface area contributed by atoms with Crippen LogP contribution in [0.4, 0.5) is 5.13 Å². The van der Waals surface area contributed by atoms with Crippen LogP contribution in [0.3, 0.4) is 0 Å². The van der Waals surface area contributed by atoms with Gasteiger partial charge in [-0.3, -0.25) is 20.1 Å². The standard InChI is InChI=1S/C26H20N4O3S/c1-2-22(33-25(32)19-8-5-9-20-23(19)28-13-12-27-20)24(31)30-26-29-21(15-34-26)18-11-10-16-6-3-4-7-17(16)14-18/h3-15,22H,2H2,1H3,(H,29,30,31). The summed E-state index contributed by atoms with van der Waals surface area (Å²) in [6.45, 7) is 1.78. The first-order valence-corrected chi connectivity index (χ1v) is 11.7. The van der Waals surface area contributed by atoms with Crippen molar-refractivity contribution in [1.82, 2.24) is 15.0 Å². The van der Waals surface area contributed by atoms with Crippen molar-refractivity contribution in [2.24, 2.45) is 0 Å². The smallest absolute Gasteiger partial charge is 0.341 e. The minimum Gasteiger partial charge on any atom is -0.449 e. The topological polar surface area (TPSA) is 94.1 Å². The molecule has 0 aliphatic rings. The lowest BCUT2D eigenvalue weighted by Gasteiger charge is -2.15. The van der Waals surface area contributed by atoms with E-state index < -0.39 is 18.0 Å². The van der Waals surface area contributed by atoms with Gasteiger partial charge in [-0.05, 0) is 35.4 Å². The quantitative estimate of drug-likeness (QED) is 0.332. The summed E-state index contributed by atoms with van der Waals surface area (Å²) in [4.78, 5) is 38.6. The number of carbonyl (C=O) groups excluding carboxylic acids is 2. The van der Waals surface area contributed by atoms with Crippen molar-refractivity contribution < 1.29 is 14.3 Å². The van der Waals surface area contributed by atoms with E-state index >= 15 is 0 Å². The molecular weight excluding hydrogens is 448 g/mol. The average Bonchev–Trinajstić information content (AvgIpc) is 3.34. The number of para-hydroxylation sites is 1. The first-order valence-electron chi connectivity index (χ1n) is 10.8. The zero-order valence-electron chi connectivity index (χ0n) is 18.3. The molecule has 0 spiro atoms. The number of thiazole rings is 1. The van der Waals surface area contributed by atoms with E-state index in [0.29, 0.717) is 22.6 Å². The number of rotatable bonds is 6. The number of benzene rings is 3. The largest absolute Gasteiger partial charge is 0.449 e. The van der Waals surface area contributed by atoms with Gasteiger partial charge in [0.1, 0.15) is 5.52 Å². The molecule has 7 nitrogen and oxygen atoms in total. The Hall–Kier alpha value is -4.17. The second kappa shape index (κ2) is 9.36. The van der Waals surface area contributed by atoms with E-state index in [0.717, 1.165) is 22.0 Å². The maximum Gasteiger partial charge on any atom is 0.341 e. The zero-order valence-corrected chi connectivity index (χ0v) is 19.1. The minimum atomic E-state index is -0.965. The van der Waals surface area contributed by atoms with E-state index in [1.54, 1.807) is 31.3 Å². The molecular formula is C26H20N4O3S. The highest BCUT2D eigenvalue weighted by molar-refractivity contribution is 7.14. The molecule has 0 aliphatic carbocycles. The molecule has 1 atom stereocenters. The van der Waals surface area contributed by atoms with Gasteiger partial charge in [0.2, 0.25) is 0 Å². The Morgan fingerprint density at radius 1 is 1.00 bits per heavy atom. The van der Waals surface area contributed by atoms with Crippen LogP contribution in [0.2, 0.25) is 0 Å². The Morgan fingerprint density at radius 3 is 2.68 bits per heavy atom. The van der Waals surface area contributed by atoms with Gasteiger partial charge in [-0.2, -0.15) is 0 Å². The highest BCUT2D eigenvalue weighted by Crippen LogP contribution is 2.28. The lowest BCUT2D eigenvalue weighted by atomic mass is 10.1. The van der Waals surface area contributed by atoms with Crippen molar-refractivity contribution in [2.75, 3.05) is 5.32 Å². The molecule has 3 aromatic carbocycles. The van der Waals surface area contributed by atoms with E-state index in [1.807, 2.05) is 29.6 Å². The van der Waals surface area contributed by atoms with Gasteiger partial charge in [-0.1, -0.05) is 49.4 Å². The summed E-state index contributed by atoms with van der Waals surface area (Å²) in [6.07, 6.45) is 2.42. The lowest BCUT2D eigenvalue weighted by molar-refractivity contribution is -0.124. The number of carbonyl (C=O) groups is 2. The Labute approximate surface area is 199 Å². The number of amides is 1. The molecule has 8 heteroatoms. The fourth-order valence-corrected chi connectivity index (χ4v) is 4.39. The van der Waals surface area contributed by atoms with Gasteiger partial charge >= 0.3 is 5.97 Å². The fourth-order valence-electron chi connectivity index (χ4n) is 3.67. The van der Waals surface area contributed by atoms with E-state index in [1.165, 1.54) is 17.5 Å². The molecule has 0 radical (unpaired) electrons. The van der Waals surface area contributed by atoms with Crippen LogP contribution in [0.15, 0.2) is 78.4 Å². The van der Waals surface area contributed by atoms with E-state index in [-0.39, 0.29) is 5.56 Å². The predicted molar refractivity (Wildman–Crippen MR) is 133 cm³/mol. The van der Waals surface area contributed by atoms with Crippen LogP contribution in [0.1, 0.15) is 23.7 Å². The van der Waals surface area contributed by atoms with Gasteiger partial charge in [-0.15, -0.1) is 11.3 Å². The highest BCUT2D eigenvalue weighted by atomic mass is 32.1. The van der Waals surface area contributed by atoms with Gasteiger partial charge in [0.25, 0.3) is 5.91 Å². The summed E-state index contributed by atoms with van der Waals surface area (Å²) >= 11 is 1.32. The summed E-state index contributed by atoms with van der Waals surface area (Å²) in [6, 6.07) is 19.3. The molecule has 1 amide bonds. The van der Waals surface area contributed by atoms with Gasteiger partial charge in [0, 0.05) is 23.3 Å². The van der Waals surface area contributed by atoms with E-state index in [9.17, 15) is 9.59 Å². The van der Waals surface area contributed by atoms with Crippen LogP contribution < -0.4 is 5.32 Å². The number of hydrogen-bond donors (Lipinski definition) is 1. The number of nitrogens with one attached hydrogen (secondary N) is 1. The van der Waals surface area contributed by atoms with Crippen molar-refractivity contribution in [2.45, 2.75) is 19.4 Å². The normalized spacial score (nSPS) is 11.9. The number of aromatic nitrogens is 3. The third-order valence-corrected chi connectivity index (χ3v) is 6.17. The molecule has 0 saturated heterocycles. The predicted octanol–water partition coefficient (Wildman–Crippen LogP) is 5.48. The van der Waals surface area contributed by atoms with Crippen LogP contribution in [0.25, 0.3) is 33.1 Å². The summed E-state index contributed by atoms with van der Waals surface area (Å²) in [5, 5.41) is 7.38. The van der Waals surface area contributed by atoms with Crippen molar-refractivity contribution >= 4 is 50.2 Å². The SMILES string of the molecule is CCC(OC(=O)c1cccc2nccnc12)C(=O)Nc1nc(-c2ccc3ccccc3c2)cs1. The van der Waals surface area contributed by atoms with E-state index in [4.69, 9.17) is 4.74 Å². The number of anilines is 1. The van der Waals surface area contributed by atoms with Crippen LogP contribution in [-0.4, -0.2) is 32.9 Å². The number of ether oxygens (including phenoxy) is 1. The molecule has 1 unspecified atom stereocenters. The molecule has 0 aliphatic heterocycles. The molecule has 168 valence electrons. The molecule has 0 saturated carbocycles. The van der Waals surface area contributed by atoms with Crippen molar-refractivity contribution in [3.05, 3.63) is 84.0 Å². The Bertz CT molecular complexity index is 1510. The third-order valence-electron chi connectivity index (χ3n) is 5.41. The fraction of sp³-hybridized carbons (Fsp3) is 0.115.